The fourth-order valence-electron chi connectivity index (χ4n) is 2.67. The van der Waals surface area contributed by atoms with Crippen molar-refractivity contribution in [3.8, 4) is 0 Å². The lowest BCUT2D eigenvalue weighted by atomic mass is 10.1. The molecule has 0 atom stereocenters. The molecule has 1 aromatic heterocycles. The van der Waals surface area contributed by atoms with Crippen LogP contribution < -0.4 is 4.90 Å². The lowest BCUT2D eigenvalue weighted by Crippen LogP contribution is -2.48. The molecule has 0 N–H and O–H groups in total. The average Bonchev–Trinajstić information content (AvgIpc) is 2.57. The maximum atomic E-state index is 13.6. The van der Waals surface area contributed by atoms with Crippen LogP contribution in [0.4, 0.5) is 10.1 Å². The van der Waals surface area contributed by atoms with E-state index in [4.69, 9.17) is 11.6 Å². The van der Waals surface area contributed by atoms with Gasteiger partial charge in [0.25, 0.3) is 5.91 Å². The van der Waals surface area contributed by atoms with Crippen LogP contribution >= 0.6 is 11.6 Å². The van der Waals surface area contributed by atoms with Gasteiger partial charge < -0.3 is 9.80 Å². The number of halogens is 2. The van der Waals surface area contributed by atoms with E-state index in [1.165, 1.54) is 6.07 Å². The molecule has 0 aliphatic carbocycles. The van der Waals surface area contributed by atoms with Gasteiger partial charge in [-0.05, 0) is 36.8 Å². The highest BCUT2D eigenvalue weighted by atomic mass is 35.5. The number of rotatable bonds is 2. The van der Waals surface area contributed by atoms with Gasteiger partial charge in [-0.3, -0.25) is 4.79 Å². The Hall–Kier alpha value is -2.14. The fraction of sp³-hybridized carbons (Fsp3) is 0.294. The van der Waals surface area contributed by atoms with E-state index in [1.54, 1.807) is 30.2 Å². The Morgan fingerprint density at radius 3 is 2.57 bits per heavy atom. The number of aromatic nitrogens is 1. The molecule has 0 bridgehead atoms. The van der Waals surface area contributed by atoms with Crippen LogP contribution in [0, 0.1) is 12.7 Å². The molecule has 4 nitrogen and oxygen atoms in total. The van der Waals surface area contributed by atoms with E-state index in [-0.39, 0.29) is 11.7 Å². The third-order valence-electron chi connectivity index (χ3n) is 4.06. The van der Waals surface area contributed by atoms with Crippen LogP contribution in [0.1, 0.15) is 15.9 Å². The smallest absolute Gasteiger partial charge is 0.254 e. The summed E-state index contributed by atoms with van der Waals surface area (Å²) in [5.74, 6) is -0.475. The van der Waals surface area contributed by atoms with Gasteiger partial charge in [-0.2, -0.15) is 0 Å². The van der Waals surface area contributed by atoms with E-state index < -0.39 is 0 Å². The number of pyridine rings is 1. The Morgan fingerprint density at radius 1 is 1.17 bits per heavy atom. The number of hydrogen-bond acceptors (Lipinski definition) is 3. The number of amides is 1. The second kappa shape index (κ2) is 6.54. The Bertz CT molecular complexity index is 730. The molecular formula is C17H17ClFN3O. The molecule has 3 rings (SSSR count). The summed E-state index contributed by atoms with van der Waals surface area (Å²) in [5, 5.41) is 0.455. The highest BCUT2D eigenvalue weighted by Gasteiger charge is 2.23. The molecule has 0 spiro atoms. The number of piperazine rings is 1. The van der Waals surface area contributed by atoms with Crippen molar-refractivity contribution < 1.29 is 9.18 Å². The summed E-state index contributed by atoms with van der Waals surface area (Å²) in [7, 11) is 0. The van der Waals surface area contributed by atoms with Gasteiger partial charge in [0.2, 0.25) is 0 Å². The predicted molar refractivity (Wildman–Crippen MR) is 88.5 cm³/mol. The first-order valence-corrected chi connectivity index (χ1v) is 7.84. The second-order valence-corrected chi connectivity index (χ2v) is 5.97. The summed E-state index contributed by atoms with van der Waals surface area (Å²) in [5.41, 5.74) is 1.94. The first-order valence-electron chi connectivity index (χ1n) is 7.46. The van der Waals surface area contributed by atoms with Crippen molar-refractivity contribution in [3.63, 3.8) is 0 Å². The first kappa shape index (κ1) is 15.7. The second-order valence-electron chi connectivity index (χ2n) is 5.58. The van der Waals surface area contributed by atoms with Crippen LogP contribution in [-0.2, 0) is 0 Å². The summed E-state index contributed by atoms with van der Waals surface area (Å²) in [6.07, 6.45) is 1.67. The number of anilines is 1. The molecule has 23 heavy (non-hydrogen) atoms. The Morgan fingerprint density at radius 2 is 1.91 bits per heavy atom. The van der Waals surface area contributed by atoms with Gasteiger partial charge in [0.1, 0.15) is 11.0 Å². The van der Waals surface area contributed by atoms with Gasteiger partial charge in [0.15, 0.2) is 0 Å². The van der Waals surface area contributed by atoms with Crippen molar-refractivity contribution in [2.24, 2.45) is 0 Å². The minimum atomic E-state index is -0.346. The maximum Gasteiger partial charge on any atom is 0.254 e. The van der Waals surface area contributed by atoms with Crippen LogP contribution in [0.15, 0.2) is 36.5 Å². The third-order valence-corrected chi connectivity index (χ3v) is 4.27. The summed E-state index contributed by atoms with van der Waals surface area (Å²) >= 11 is 5.91. The minimum absolute atomic E-state index is 0.128. The molecule has 1 aliphatic rings. The quantitative estimate of drug-likeness (QED) is 0.792. The van der Waals surface area contributed by atoms with Crippen LogP contribution in [0.5, 0.6) is 0 Å². The predicted octanol–water partition coefficient (Wildman–Crippen LogP) is 3.14. The van der Waals surface area contributed by atoms with E-state index in [2.05, 4.69) is 9.88 Å². The van der Waals surface area contributed by atoms with Crippen molar-refractivity contribution in [1.82, 2.24) is 9.88 Å². The summed E-state index contributed by atoms with van der Waals surface area (Å²) in [6.45, 7) is 4.28. The van der Waals surface area contributed by atoms with Gasteiger partial charge in [0, 0.05) is 43.6 Å². The maximum absolute atomic E-state index is 13.6. The lowest BCUT2D eigenvalue weighted by molar-refractivity contribution is 0.0746. The molecule has 120 valence electrons. The average molecular weight is 334 g/mol. The van der Waals surface area contributed by atoms with Crippen molar-refractivity contribution in [2.45, 2.75) is 6.92 Å². The molecule has 2 heterocycles. The molecule has 1 aliphatic heterocycles. The Balaban J connectivity index is 1.66. The van der Waals surface area contributed by atoms with E-state index in [0.717, 1.165) is 5.69 Å². The van der Waals surface area contributed by atoms with Crippen molar-refractivity contribution in [1.29, 1.82) is 0 Å². The van der Waals surface area contributed by atoms with E-state index in [9.17, 15) is 9.18 Å². The molecule has 0 radical (unpaired) electrons. The molecule has 0 saturated carbocycles. The minimum Gasteiger partial charge on any atom is -0.368 e. The number of carbonyl (C=O) groups excluding carboxylic acids is 1. The molecule has 1 amide bonds. The normalized spacial score (nSPS) is 14.9. The molecular weight excluding hydrogens is 317 g/mol. The summed E-state index contributed by atoms with van der Waals surface area (Å²) < 4.78 is 13.6. The van der Waals surface area contributed by atoms with Crippen LogP contribution in [0.2, 0.25) is 5.15 Å². The van der Waals surface area contributed by atoms with Gasteiger partial charge in [-0.1, -0.05) is 17.7 Å². The first-order chi connectivity index (χ1) is 11.0. The number of hydrogen-bond donors (Lipinski definition) is 0. The van der Waals surface area contributed by atoms with Crippen molar-refractivity contribution in [3.05, 3.63) is 58.6 Å². The summed E-state index contributed by atoms with van der Waals surface area (Å²) in [4.78, 5) is 20.4. The SMILES string of the molecule is Cc1ccc(C(=O)N2CCN(c3ccnc(Cl)c3)CC2)cc1F. The third kappa shape index (κ3) is 3.45. The van der Waals surface area contributed by atoms with Gasteiger partial charge >= 0.3 is 0 Å². The molecule has 2 aromatic rings. The number of carbonyl (C=O) groups is 1. The zero-order valence-corrected chi connectivity index (χ0v) is 13.6. The molecule has 1 saturated heterocycles. The van der Waals surface area contributed by atoms with Gasteiger partial charge in [-0.15, -0.1) is 0 Å². The van der Waals surface area contributed by atoms with Crippen molar-refractivity contribution in [2.75, 3.05) is 31.1 Å². The Kier molecular flexibility index (Phi) is 4.48. The van der Waals surface area contributed by atoms with Gasteiger partial charge in [0.05, 0.1) is 0 Å². The number of benzene rings is 1. The lowest BCUT2D eigenvalue weighted by Gasteiger charge is -2.36. The molecule has 1 fully saturated rings. The van der Waals surface area contributed by atoms with Crippen LogP contribution in [0.25, 0.3) is 0 Å². The molecule has 1 aromatic carbocycles. The fourth-order valence-corrected chi connectivity index (χ4v) is 2.83. The largest absolute Gasteiger partial charge is 0.368 e. The number of aryl methyl sites for hydroxylation is 1. The standard InChI is InChI=1S/C17H17ClFN3O/c1-12-2-3-13(10-15(12)19)17(23)22-8-6-21(7-9-22)14-4-5-20-16(18)11-14/h2-5,10-11H,6-9H2,1H3. The zero-order valence-electron chi connectivity index (χ0n) is 12.8. The molecule has 0 unspecified atom stereocenters. The van der Waals surface area contributed by atoms with Crippen LogP contribution in [0.3, 0.4) is 0 Å². The highest BCUT2D eigenvalue weighted by Crippen LogP contribution is 2.20. The van der Waals surface area contributed by atoms with E-state index in [1.807, 2.05) is 12.1 Å². The van der Waals surface area contributed by atoms with E-state index in [0.29, 0.717) is 42.5 Å². The number of nitrogens with zero attached hydrogens (tertiary/aromatic N) is 3. The molecule has 6 heteroatoms. The zero-order chi connectivity index (χ0) is 16.4. The van der Waals surface area contributed by atoms with Crippen molar-refractivity contribution >= 4 is 23.2 Å². The monoisotopic (exact) mass is 333 g/mol. The Labute approximate surface area is 139 Å². The van der Waals surface area contributed by atoms with E-state index >= 15 is 0 Å². The van der Waals surface area contributed by atoms with Crippen LogP contribution in [-0.4, -0.2) is 42.0 Å². The highest BCUT2D eigenvalue weighted by molar-refractivity contribution is 6.29. The topological polar surface area (TPSA) is 36.4 Å². The summed E-state index contributed by atoms with van der Waals surface area (Å²) in [6, 6.07) is 8.34. The van der Waals surface area contributed by atoms with Gasteiger partial charge in [-0.25, -0.2) is 9.37 Å².